The van der Waals surface area contributed by atoms with E-state index in [2.05, 4.69) is 20.3 Å². The normalized spacial score (nSPS) is 11.0. The molecule has 0 unspecified atom stereocenters. The molecule has 0 aliphatic rings. The molecule has 0 radical (unpaired) electrons. The maximum atomic E-state index is 12.3. The molecule has 1 heterocycles. The van der Waals surface area contributed by atoms with Crippen LogP contribution < -0.4 is 15.4 Å². The first kappa shape index (κ1) is 17.9. The van der Waals surface area contributed by atoms with Gasteiger partial charge < -0.3 is 10.6 Å². The van der Waals surface area contributed by atoms with Gasteiger partial charge in [0.2, 0.25) is 0 Å². The van der Waals surface area contributed by atoms with Crippen LogP contribution in [0.3, 0.4) is 0 Å². The lowest BCUT2D eigenvalue weighted by Gasteiger charge is -2.09. The fourth-order valence-corrected chi connectivity index (χ4v) is 3.02. The molecule has 0 spiro atoms. The minimum Gasteiger partial charge on any atom is -0.351 e. The molecular weight excluding hydrogens is 328 g/mol. The third kappa shape index (κ3) is 5.04. The number of aromatic nitrogens is 1. The Hall–Kier alpha value is -2.45. The summed E-state index contributed by atoms with van der Waals surface area (Å²) < 4.78 is 27.0. The van der Waals surface area contributed by atoms with E-state index in [1.165, 1.54) is 36.7 Å². The molecule has 0 fully saturated rings. The average molecular weight is 348 g/mol. The minimum absolute atomic E-state index is 0.0866. The summed E-state index contributed by atoms with van der Waals surface area (Å²) in [6, 6.07) is 8.91. The van der Waals surface area contributed by atoms with Crippen molar-refractivity contribution in [1.82, 2.24) is 15.6 Å². The number of pyridine rings is 1. The van der Waals surface area contributed by atoms with Crippen molar-refractivity contribution in [2.24, 2.45) is 0 Å². The zero-order chi connectivity index (χ0) is 17.4. The van der Waals surface area contributed by atoms with Crippen LogP contribution in [0.15, 0.2) is 53.7 Å². The zero-order valence-corrected chi connectivity index (χ0v) is 14.1. The number of amides is 1. The van der Waals surface area contributed by atoms with Crippen LogP contribution in [0.1, 0.15) is 17.3 Å². The number of anilines is 1. The molecule has 0 saturated carbocycles. The second-order valence-electron chi connectivity index (χ2n) is 4.98. The molecule has 0 aliphatic heterocycles. The predicted octanol–water partition coefficient (Wildman–Crippen LogP) is 1.22. The van der Waals surface area contributed by atoms with Crippen LogP contribution in [0.5, 0.6) is 0 Å². The molecule has 1 aromatic heterocycles. The number of nitrogens with zero attached hydrogens (tertiary/aromatic N) is 1. The van der Waals surface area contributed by atoms with Gasteiger partial charge >= 0.3 is 0 Å². The van der Waals surface area contributed by atoms with Crippen LogP contribution in [0.25, 0.3) is 0 Å². The van der Waals surface area contributed by atoms with Crippen molar-refractivity contribution in [3.8, 4) is 0 Å². The maximum absolute atomic E-state index is 12.3. The van der Waals surface area contributed by atoms with E-state index in [-0.39, 0.29) is 10.8 Å². The van der Waals surface area contributed by atoms with Gasteiger partial charge in [-0.05, 0) is 42.9 Å². The zero-order valence-electron chi connectivity index (χ0n) is 13.3. The van der Waals surface area contributed by atoms with Gasteiger partial charge in [-0.25, -0.2) is 8.42 Å². The standard InChI is InChI=1S/C16H20N4O3S/c1-2-17-11-12-19-16(21)13-3-5-15(6-4-13)24(22,23)20-14-7-9-18-10-8-14/h3-10,17H,2,11-12H2,1H3,(H,18,20)(H,19,21). The van der Waals surface area contributed by atoms with Crippen LogP contribution >= 0.6 is 0 Å². The van der Waals surface area contributed by atoms with E-state index in [1.54, 1.807) is 12.1 Å². The first-order valence-electron chi connectivity index (χ1n) is 7.55. The molecule has 2 aromatic rings. The maximum Gasteiger partial charge on any atom is 0.261 e. The van der Waals surface area contributed by atoms with Gasteiger partial charge in [-0.3, -0.25) is 14.5 Å². The Labute approximate surface area is 141 Å². The van der Waals surface area contributed by atoms with Gasteiger partial charge in [0.1, 0.15) is 0 Å². The first-order valence-corrected chi connectivity index (χ1v) is 9.03. The van der Waals surface area contributed by atoms with E-state index in [0.717, 1.165) is 6.54 Å². The van der Waals surface area contributed by atoms with E-state index >= 15 is 0 Å². The monoisotopic (exact) mass is 348 g/mol. The van der Waals surface area contributed by atoms with Crippen LogP contribution in [-0.2, 0) is 10.0 Å². The Kier molecular flexibility index (Phi) is 6.28. The number of carbonyl (C=O) groups excluding carboxylic acids is 1. The van der Waals surface area contributed by atoms with Crippen LogP contribution in [-0.4, -0.2) is 38.9 Å². The Bertz CT molecular complexity index is 762. The first-order chi connectivity index (χ1) is 11.5. The molecule has 0 bridgehead atoms. The third-order valence-corrected chi connectivity index (χ3v) is 4.59. The number of hydrogen-bond donors (Lipinski definition) is 3. The fourth-order valence-electron chi connectivity index (χ4n) is 1.96. The summed E-state index contributed by atoms with van der Waals surface area (Å²) in [6.45, 7) is 4.02. The number of benzene rings is 1. The van der Waals surface area contributed by atoms with Gasteiger partial charge in [0, 0.05) is 31.0 Å². The summed E-state index contributed by atoms with van der Waals surface area (Å²) in [5.74, 6) is -0.237. The quantitative estimate of drug-likeness (QED) is 0.623. The molecule has 1 amide bonds. The number of hydrogen-bond acceptors (Lipinski definition) is 5. The molecule has 1 aromatic carbocycles. The van der Waals surface area contributed by atoms with Gasteiger partial charge in [-0.15, -0.1) is 0 Å². The van der Waals surface area contributed by atoms with Crippen molar-refractivity contribution in [3.63, 3.8) is 0 Å². The van der Waals surface area contributed by atoms with Crippen LogP contribution in [0, 0.1) is 0 Å². The smallest absolute Gasteiger partial charge is 0.261 e. The lowest BCUT2D eigenvalue weighted by Crippen LogP contribution is -2.31. The highest BCUT2D eigenvalue weighted by molar-refractivity contribution is 7.92. The molecular formula is C16H20N4O3S. The largest absolute Gasteiger partial charge is 0.351 e. The van der Waals surface area contributed by atoms with E-state index in [9.17, 15) is 13.2 Å². The molecule has 128 valence electrons. The Balaban J connectivity index is 2.01. The minimum atomic E-state index is -3.70. The van der Waals surface area contributed by atoms with Crippen LogP contribution in [0.4, 0.5) is 5.69 Å². The highest BCUT2D eigenvalue weighted by atomic mass is 32.2. The Morgan fingerprint density at radius 1 is 1.04 bits per heavy atom. The molecule has 7 nitrogen and oxygen atoms in total. The summed E-state index contributed by atoms with van der Waals surface area (Å²) >= 11 is 0. The summed E-state index contributed by atoms with van der Waals surface area (Å²) in [5.41, 5.74) is 0.838. The van der Waals surface area contributed by atoms with E-state index in [1.807, 2.05) is 6.92 Å². The van der Waals surface area contributed by atoms with Gasteiger partial charge in [0.05, 0.1) is 10.6 Å². The molecule has 0 aliphatic carbocycles. The van der Waals surface area contributed by atoms with Crippen molar-refractivity contribution in [1.29, 1.82) is 0 Å². The van der Waals surface area contributed by atoms with E-state index in [4.69, 9.17) is 0 Å². The third-order valence-electron chi connectivity index (χ3n) is 3.20. The molecule has 8 heteroatoms. The van der Waals surface area contributed by atoms with Crippen LogP contribution in [0.2, 0.25) is 0 Å². The lowest BCUT2D eigenvalue weighted by atomic mass is 10.2. The van der Waals surface area contributed by atoms with Gasteiger partial charge in [-0.2, -0.15) is 0 Å². The summed E-state index contributed by atoms with van der Waals surface area (Å²) in [6.07, 6.45) is 3.00. The van der Waals surface area contributed by atoms with Gasteiger partial charge in [-0.1, -0.05) is 6.92 Å². The number of rotatable bonds is 8. The predicted molar refractivity (Wildman–Crippen MR) is 92.4 cm³/mol. The topological polar surface area (TPSA) is 100 Å². The number of likely N-dealkylation sites (N-methyl/N-ethyl adjacent to an activating group) is 1. The second kappa shape index (κ2) is 8.42. The Morgan fingerprint density at radius 2 is 1.71 bits per heavy atom. The highest BCUT2D eigenvalue weighted by Crippen LogP contribution is 2.15. The molecule has 24 heavy (non-hydrogen) atoms. The summed E-state index contributed by atoms with van der Waals surface area (Å²) in [4.78, 5) is 15.9. The van der Waals surface area contributed by atoms with E-state index in [0.29, 0.717) is 24.3 Å². The molecule has 2 rings (SSSR count). The van der Waals surface area contributed by atoms with Crippen molar-refractivity contribution in [2.45, 2.75) is 11.8 Å². The van der Waals surface area contributed by atoms with Gasteiger partial charge in [0.25, 0.3) is 15.9 Å². The number of carbonyl (C=O) groups is 1. The molecule has 0 saturated heterocycles. The Morgan fingerprint density at radius 3 is 2.33 bits per heavy atom. The van der Waals surface area contributed by atoms with E-state index < -0.39 is 10.0 Å². The van der Waals surface area contributed by atoms with Crippen molar-refractivity contribution in [2.75, 3.05) is 24.4 Å². The van der Waals surface area contributed by atoms with Crippen molar-refractivity contribution in [3.05, 3.63) is 54.4 Å². The summed E-state index contributed by atoms with van der Waals surface area (Å²) in [7, 11) is -3.70. The molecule has 3 N–H and O–H groups in total. The highest BCUT2D eigenvalue weighted by Gasteiger charge is 2.15. The SMILES string of the molecule is CCNCCNC(=O)c1ccc(S(=O)(=O)Nc2ccncc2)cc1. The molecule has 0 atom stereocenters. The lowest BCUT2D eigenvalue weighted by molar-refractivity contribution is 0.0954. The fraction of sp³-hybridized carbons (Fsp3) is 0.250. The number of nitrogens with one attached hydrogen (secondary N) is 3. The van der Waals surface area contributed by atoms with Gasteiger partial charge in [0.15, 0.2) is 0 Å². The average Bonchev–Trinajstić information content (AvgIpc) is 2.59. The number of sulfonamides is 1. The van der Waals surface area contributed by atoms with Crippen molar-refractivity contribution < 1.29 is 13.2 Å². The second-order valence-corrected chi connectivity index (χ2v) is 6.66. The van der Waals surface area contributed by atoms with Crippen molar-refractivity contribution >= 4 is 21.6 Å². The summed E-state index contributed by atoms with van der Waals surface area (Å²) in [5, 5.41) is 5.86.